The Bertz CT molecular complexity index is 430. The fourth-order valence-corrected chi connectivity index (χ4v) is 2.28. The summed E-state index contributed by atoms with van der Waals surface area (Å²) in [6.07, 6.45) is 0.402. The summed E-state index contributed by atoms with van der Waals surface area (Å²) in [5.74, 6) is -1.24. The van der Waals surface area contributed by atoms with Gasteiger partial charge in [-0.2, -0.15) is 0 Å². The SMILES string of the molecule is CN1CC(C(=O)O)CC1C(=O)c1ccccc1. The van der Waals surface area contributed by atoms with Crippen LogP contribution < -0.4 is 0 Å². The van der Waals surface area contributed by atoms with Crippen LogP contribution in [-0.2, 0) is 4.79 Å². The maximum atomic E-state index is 12.2. The molecule has 0 bridgehead atoms. The molecule has 2 unspecified atom stereocenters. The summed E-state index contributed by atoms with van der Waals surface area (Å²) in [5, 5.41) is 8.96. The van der Waals surface area contributed by atoms with Crippen LogP contribution in [0.1, 0.15) is 16.8 Å². The fourth-order valence-electron chi connectivity index (χ4n) is 2.28. The summed E-state index contributed by atoms with van der Waals surface area (Å²) in [5.41, 5.74) is 0.649. The maximum absolute atomic E-state index is 12.2. The number of rotatable bonds is 3. The molecular formula is C13H15NO3. The Balaban J connectivity index is 2.14. The van der Waals surface area contributed by atoms with E-state index in [1.54, 1.807) is 19.2 Å². The number of Topliss-reactive ketones (excluding diaryl/α,β-unsaturated/α-hetero) is 1. The Morgan fingerprint density at radius 2 is 1.94 bits per heavy atom. The molecule has 1 aromatic rings. The van der Waals surface area contributed by atoms with E-state index in [-0.39, 0.29) is 11.8 Å². The van der Waals surface area contributed by atoms with Crippen molar-refractivity contribution >= 4 is 11.8 Å². The van der Waals surface area contributed by atoms with Gasteiger partial charge in [0, 0.05) is 12.1 Å². The van der Waals surface area contributed by atoms with Gasteiger partial charge in [0.15, 0.2) is 5.78 Å². The Kier molecular flexibility index (Phi) is 3.24. The van der Waals surface area contributed by atoms with Crippen molar-refractivity contribution in [2.75, 3.05) is 13.6 Å². The standard InChI is InChI=1S/C13H15NO3/c1-14-8-10(13(16)17)7-11(14)12(15)9-5-3-2-4-6-9/h2-6,10-11H,7-8H2,1H3,(H,16,17). The Morgan fingerprint density at radius 1 is 1.29 bits per heavy atom. The number of aliphatic carboxylic acids is 1. The third-order valence-corrected chi connectivity index (χ3v) is 3.26. The second-order valence-electron chi connectivity index (χ2n) is 4.46. The Morgan fingerprint density at radius 3 is 2.47 bits per heavy atom. The van der Waals surface area contributed by atoms with Crippen LogP contribution in [0.5, 0.6) is 0 Å². The van der Waals surface area contributed by atoms with E-state index in [2.05, 4.69) is 0 Å². The van der Waals surface area contributed by atoms with Gasteiger partial charge in [-0.25, -0.2) is 0 Å². The molecule has 4 nitrogen and oxygen atoms in total. The highest BCUT2D eigenvalue weighted by molar-refractivity contribution is 6.00. The van der Waals surface area contributed by atoms with E-state index in [0.717, 1.165) is 0 Å². The van der Waals surface area contributed by atoms with Gasteiger partial charge in [-0.05, 0) is 13.5 Å². The van der Waals surface area contributed by atoms with E-state index in [1.807, 2.05) is 23.1 Å². The Hall–Kier alpha value is -1.68. The molecule has 0 spiro atoms. The molecule has 90 valence electrons. The first-order valence-electron chi connectivity index (χ1n) is 5.62. The number of likely N-dealkylation sites (tertiary alicyclic amines) is 1. The average molecular weight is 233 g/mol. The van der Waals surface area contributed by atoms with Gasteiger partial charge in [0.2, 0.25) is 0 Å². The normalized spacial score (nSPS) is 24.8. The molecule has 1 heterocycles. The number of benzene rings is 1. The lowest BCUT2D eigenvalue weighted by atomic mass is 9.99. The third-order valence-electron chi connectivity index (χ3n) is 3.26. The number of hydrogen-bond donors (Lipinski definition) is 1. The van der Waals surface area contributed by atoms with E-state index in [1.165, 1.54) is 0 Å². The van der Waals surface area contributed by atoms with Gasteiger partial charge in [0.05, 0.1) is 12.0 Å². The molecule has 0 aliphatic carbocycles. The summed E-state index contributed by atoms with van der Waals surface area (Å²) in [4.78, 5) is 24.9. The molecule has 1 aliphatic heterocycles. The summed E-state index contributed by atoms with van der Waals surface area (Å²) in [6, 6.07) is 8.72. The summed E-state index contributed by atoms with van der Waals surface area (Å²) in [6.45, 7) is 0.443. The second-order valence-corrected chi connectivity index (χ2v) is 4.46. The predicted octanol–water partition coefficient (Wildman–Crippen LogP) is 1.27. The van der Waals surface area contributed by atoms with Crippen molar-refractivity contribution < 1.29 is 14.7 Å². The van der Waals surface area contributed by atoms with Crippen molar-refractivity contribution in [1.29, 1.82) is 0 Å². The number of nitrogens with zero attached hydrogens (tertiary/aromatic N) is 1. The first kappa shape index (κ1) is 11.8. The number of carbonyl (C=O) groups excluding carboxylic acids is 1. The van der Waals surface area contributed by atoms with E-state index in [0.29, 0.717) is 18.5 Å². The molecule has 2 rings (SSSR count). The number of ketones is 1. The molecular weight excluding hydrogens is 218 g/mol. The highest BCUT2D eigenvalue weighted by Gasteiger charge is 2.37. The van der Waals surface area contributed by atoms with E-state index in [4.69, 9.17) is 5.11 Å². The van der Waals surface area contributed by atoms with Crippen LogP contribution in [-0.4, -0.2) is 41.4 Å². The number of carbonyl (C=O) groups is 2. The topological polar surface area (TPSA) is 57.6 Å². The van der Waals surface area contributed by atoms with Crippen molar-refractivity contribution in [3.63, 3.8) is 0 Å². The fraction of sp³-hybridized carbons (Fsp3) is 0.385. The van der Waals surface area contributed by atoms with E-state index in [9.17, 15) is 9.59 Å². The van der Waals surface area contributed by atoms with Crippen LogP contribution in [0.3, 0.4) is 0 Å². The first-order chi connectivity index (χ1) is 8.09. The summed E-state index contributed by atoms with van der Waals surface area (Å²) >= 11 is 0. The van der Waals surface area contributed by atoms with Crippen LogP contribution >= 0.6 is 0 Å². The van der Waals surface area contributed by atoms with Crippen LogP contribution in [0.25, 0.3) is 0 Å². The quantitative estimate of drug-likeness (QED) is 0.799. The highest BCUT2D eigenvalue weighted by atomic mass is 16.4. The van der Waals surface area contributed by atoms with Crippen molar-refractivity contribution in [3.8, 4) is 0 Å². The zero-order chi connectivity index (χ0) is 12.4. The number of carboxylic acid groups (broad SMARTS) is 1. The van der Waals surface area contributed by atoms with Gasteiger partial charge >= 0.3 is 5.97 Å². The smallest absolute Gasteiger partial charge is 0.307 e. The average Bonchev–Trinajstić information content (AvgIpc) is 2.72. The largest absolute Gasteiger partial charge is 0.481 e. The molecule has 0 saturated carbocycles. The number of carboxylic acids is 1. The lowest BCUT2D eigenvalue weighted by Crippen LogP contribution is -2.32. The summed E-state index contributed by atoms with van der Waals surface area (Å²) in [7, 11) is 1.80. The highest BCUT2D eigenvalue weighted by Crippen LogP contribution is 2.24. The number of hydrogen-bond acceptors (Lipinski definition) is 3. The minimum absolute atomic E-state index is 0.0110. The molecule has 1 saturated heterocycles. The predicted molar refractivity (Wildman–Crippen MR) is 62.9 cm³/mol. The van der Waals surface area contributed by atoms with Crippen molar-refractivity contribution in [3.05, 3.63) is 35.9 Å². The minimum Gasteiger partial charge on any atom is -0.481 e. The first-order valence-corrected chi connectivity index (χ1v) is 5.62. The van der Waals surface area contributed by atoms with Crippen LogP contribution in [0.4, 0.5) is 0 Å². The molecule has 0 aromatic heterocycles. The third kappa shape index (κ3) is 2.36. The van der Waals surface area contributed by atoms with Crippen LogP contribution in [0.15, 0.2) is 30.3 Å². The van der Waals surface area contributed by atoms with Gasteiger partial charge in [0.25, 0.3) is 0 Å². The monoisotopic (exact) mass is 233 g/mol. The van der Waals surface area contributed by atoms with Crippen LogP contribution in [0, 0.1) is 5.92 Å². The number of likely N-dealkylation sites (N-methyl/N-ethyl adjacent to an activating group) is 1. The molecule has 1 aliphatic rings. The van der Waals surface area contributed by atoms with Crippen molar-refractivity contribution in [1.82, 2.24) is 4.90 Å². The zero-order valence-electron chi connectivity index (χ0n) is 9.67. The molecule has 0 amide bonds. The van der Waals surface area contributed by atoms with E-state index < -0.39 is 11.9 Å². The summed E-state index contributed by atoms with van der Waals surface area (Å²) < 4.78 is 0. The van der Waals surface area contributed by atoms with Gasteiger partial charge in [-0.3, -0.25) is 14.5 Å². The molecule has 0 radical (unpaired) electrons. The maximum Gasteiger partial charge on any atom is 0.307 e. The second kappa shape index (κ2) is 4.67. The minimum atomic E-state index is -0.819. The van der Waals surface area contributed by atoms with Gasteiger partial charge in [-0.1, -0.05) is 30.3 Å². The zero-order valence-corrected chi connectivity index (χ0v) is 9.67. The molecule has 17 heavy (non-hydrogen) atoms. The lowest BCUT2D eigenvalue weighted by molar-refractivity contribution is -0.141. The van der Waals surface area contributed by atoms with Gasteiger partial charge in [0.1, 0.15) is 0 Å². The van der Waals surface area contributed by atoms with Crippen LogP contribution in [0.2, 0.25) is 0 Å². The molecule has 1 fully saturated rings. The lowest BCUT2D eigenvalue weighted by Gasteiger charge is -2.17. The molecule has 2 atom stereocenters. The molecule has 1 aromatic carbocycles. The van der Waals surface area contributed by atoms with Crippen molar-refractivity contribution in [2.24, 2.45) is 5.92 Å². The Labute approximate surface area is 99.9 Å². The van der Waals surface area contributed by atoms with Crippen molar-refractivity contribution in [2.45, 2.75) is 12.5 Å². The van der Waals surface area contributed by atoms with Gasteiger partial charge < -0.3 is 5.11 Å². The van der Waals surface area contributed by atoms with Gasteiger partial charge in [-0.15, -0.1) is 0 Å². The molecule has 1 N–H and O–H groups in total. The molecule has 4 heteroatoms. The van der Waals surface area contributed by atoms with E-state index >= 15 is 0 Å².